The van der Waals surface area contributed by atoms with Crippen LogP contribution in [0.2, 0.25) is 0 Å². The first-order valence-corrected chi connectivity index (χ1v) is 8.85. The lowest BCUT2D eigenvalue weighted by molar-refractivity contribution is -0.130. The van der Waals surface area contributed by atoms with Gasteiger partial charge >= 0.3 is 0 Å². The highest BCUT2D eigenvalue weighted by Gasteiger charge is 2.11. The van der Waals surface area contributed by atoms with E-state index in [1.165, 1.54) is 0 Å². The fourth-order valence-corrected chi connectivity index (χ4v) is 2.36. The van der Waals surface area contributed by atoms with Crippen molar-refractivity contribution >= 4 is 17.6 Å². The zero-order valence-corrected chi connectivity index (χ0v) is 15.5. The van der Waals surface area contributed by atoms with E-state index in [-0.39, 0.29) is 31.0 Å². The lowest BCUT2D eigenvalue weighted by Crippen LogP contribution is -2.43. The molecule has 7 heteroatoms. The largest absolute Gasteiger partial charge is 0.482 e. The third kappa shape index (κ3) is 6.25. The standard InChI is InChI=1S/C21H21N3O4/c1-2-15-7-9-16(10-8-15)18(25)11-12-20(26)23-24-21(27)14-28-19-6-4-3-5-17(19)13-22/h3-10H,2,11-12,14H2,1H3,(H,23,26)(H,24,27). The Balaban J connectivity index is 1.70. The number of hydrazine groups is 1. The number of rotatable bonds is 8. The monoisotopic (exact) mass is 379 g/mol. The SMILES string of the molecule is CCc1ccc(C(=O)CCC(=O)NNC(=O)COc2ccccc2C#N)cc1. The van der Waals surface area contributed by atoms with E-state index >= 15 is 0 Å². The Hall–Kier alpha value is -3.66. The first-order chi connectivity index (χ1) is 13.5. The summed E-state index contributed by atoms with van der Waals surface area (Å²) in [5.41, 5.74) is 6.45. The van der Waals surface area contributed by atoms with Gasteiger partial charge in [0.2, 0.25) is 5.91 Å². The Morgan fingerprint density at radius 2 is 1.64 bits per heavy atom. The zero-order valence-electron chi connectivity index (χ0n) is 15.5. The summed E-state index contributed by atoms with van der Waals surface area (Å²) in [5.74, 6) is -0.918. The summed E-state index contributed by atoms with van der Waals surface area (Å²) < 4.78 is 5.26. The predicted molar refractivity (Wildman–Crippen MR) is 102 cm³/mol. The van der Waals surface area contributed by atoms with Crippen LogP contribution in [-0.2, 0) is 16.0 Å². The number of Topliss-reactive ketones (excluding diaryl/α,β-unsaturated/α-hetero) is 1. The van der Waals surface area contributed by atoms with Crippen molar-refractivity contribution < 1.29 is 19.1 Å². The smallest absolute Gasteiger partial charge is 0.276 e. The first kappa shape index (κ1) is 20.6. The van der Waals surface area contributed by atoms with Gasteiger partial charge in [-0.1, -0.05) is 43.3 Å². The molecule has 0 radical (unpaired) electrons. The average molecular weight is 379 g/mol. The molecule has 28 heavy (non-hydrogen) atoms. The molecule has 2 N–H and O–H groups in total. The molecule has 0 heterocycles. The fraction of sp³-hybridized carbons (Fsp3) is 0.238. The van der Waals surface area contributed by atoms with Crippen LogP contribution in [0.25, 0.3) is 0 Å². The number of nitrogens with zero attached hydrogens (tertiary/aromatic N) is 1. The number of ketones is 1. The molecule has 0 saturated heterocycles. The summed E-state index contributed by atoms with van der Waals surface area (Å²) in [6.45, 7) is 1.67. The lowest BCUT2D eigenvalue weighted by Gasteiger charge is -2.09. The van der Waals surface area contributed by atoms with Crippen LogP contribution in [0.15, 0.2) is 48.5 Å². The van der Waals surface area contributed by atoms with Crippen molar-refractivity contribution in [3.8, 4) is 11.8 Å². The lowest BCUT2D eigenvalue weighted by atomic mass is 10.0. The number of benzene rings is 2. The molecular weight excluding hydrogens is 358 g/mol. The van der Waals surface area contributed by atoms with Crippen molar-refractivity contribution in [1.29, 1.82) is 5.26 Å². The van der Waals surface area contributed by atoms with Gasteiger partial charge in [-0.2, -0.15) is 5.26 Å². The maximum Gasteiger partial charge on any atom is 0.276 e. The number of hydrogen-bond acceptors (Lipinski definition) is 5. The van der Waals surface area contributed by atoms with E-state index in [0.717, 1.165) is 12.0 Å². The second-order valence-corrected chi connectivity index (χ2v) is 5.97. The Morgan fingerprint density at radius 3 is 2.32 bits per heavy atom. The zero-order chi connectivity index (χ0) is 20.4. The van der Waals surface area contributed by atoms with Gasteiger partial charge in [0.25, 0.3) is 5.91 Å². The molecule has 0 bridgehead atoms. The molecule has 0 saturated carbocycles. The van der Waals surface area contributed by atoms with Crippen molar-refractivity contribution in [2.45, 2.75) is 26.2 Å². The van der Waals surface area contributed by atoms with E-state index < -0.39 is 11.8 Å². The number of aryl methyl sites for hydroxylation is 1. The summed E-state index contributed by atoms with van der Waals surface area (Å²) in [6.07, 6.45) is 0.883. The van der Waals surface area contributed by atoms with Gasteiger partial charge in [-0.15, -0.1) is 0 Å². The molecule has 2 amide bonds. The van der Waals surface area contributed by atoms with E-state index in [1.807, 2.05) is 25.1 Å². The minimum atomic E-state index is -0.581. The summed E-state index contributed by atoms with van der Waals surface area (Å²) in [5, 5.41) is 8.96. The Kier molecular flexibility index (Phi) is 7.73. The topological polar surface area (TPSA) is 108 Å². The molecule has 0 aromatic heterocycles. The third-order valence-corrected chi connectivity index (χ3v) is 3.97. The number of nitrogens with one attached hydrogen (secondary N) is 2. The quantitative estimate of drug-likeness (QED) is 0.540. The highest BCUT2D eigenvalue weighted by atomic mass is 16.5. The number of ether oxygens (including phenoxy) is 1. The van der Waals surface area contributed by atoms with Gasteiger partial charge < -0.3 is 4.74 Å². The van der Waals surface area contributed by atoms with E-state index in [4.69, 9.17) is 10.00 Å². The molecule has 0 atom stereocenters. The normalized spacial score (nSPS) is 9.86. The molecule has 2 aromatic carbocycles. The molecule has 2 aromatic rings. The minimum Gasteiger partial charge on any atom is -0.482 e. The predicted octanol–water partition coefficient (Wildman–Crippen LogP) is 2.31. The second kappa shape index (κ2) is 10.5. The van der Waals surface area contributed by atoms with Crippen molar-refractivity contribution in [1.82, 2.24) is 10.9 Å². The molecule has 0 fully saturated rings. The number of hydrogen-bond donors (Lipinski definition) is 2. The van der Waals surface area contributed by atoms with Crippen LogP contribution in [-0.4, -0.2) is 24.2 Å². The molecule has 0 aliphatic heterocycles. The number of para-hydroxylation sites is 1. The molecule has 0 spiro atoms. The van der Waals surface area contributed by atoms with Gasteiger partial charge in [0, 0.05) is 18.4 Å². The fourth-order valence-electron chi connectivity index (χ4n) is 2.36. The summed E-state index contributed by atoms with van der Waals surface area (Å²) in [4.78, 5) is 35.6. The van der Waals surface area contributed by atoms with Crippen LogP contribution in [0, 0.1) is 11.3 Å². The van der Waals surface area contributed by atoms with E-state index in [2.05, 4.69) is 10.9 Å². The van der Waals surface area contributed by atoms with Crippen molar-refractivity contribution in [2.24, 2.45) is 0 Å². The number of carbonyl (C=O) groups is 3. The molecule has 0 aliphatic rings. The average Bonchev–Trinajstić information content (AvgIpc) is 2.74. The van der Waals surface area contributed by atoms with Gasteiger partial charge in [0.05, 0.1) is 5.56 Å². The van der Waals surface area contributed by atoms with Crippen LogP contribution < -0.4 is 15.6 Å². The Bertz CT molecular complexity index is 885. The van der Waals surface area contributed by atoms with Crippen LogP contribution in [0.1, 0.15) is 41.3 Å². The van der Waals surface area contributed by atoms with Crippen LogP contribution in [0.5, 0.6) is 5.75 Å². The maximum atomic E-state index is 12.1. The third-order valence-electron chi connectivity index (χ3n) is 3.97. The summed E-state index contributed by atoms with van der Waals surface area (Å²) in [7, 11) is 0. The second-order valence-electron chi connectivity index (χ2n) is 5.97. The van der Waals surface area contributed by atoms with Crippen LogP contribution in [0.4, 0.5) is 0 Å². The number of nitriles is 1. The highest BCUT2D eigenvalue weighted by Crippen LogP contribution is 2.16. The summed E-state index contributed by atoms with van der Waals surface area (Å²) >= 11 is 0. The van der Waals surface area contributed by atoms with Crippen molar-refractivity contribution in [2.75, 3.05) is 6.61 Å². The van der Waals surface area contributed by atoms with E-state index in [9.17, 15) is 14.4 Å². The molecule has 2 rings (SSSR count). The summed E-state index contributed by atoms with van der Waals surface area (Å²) in [6, 6.07) is 15.7. The van der Waals surface area contributed by atoms with Gasteiger partial charge in [-0.05, 0) is 24.1 Å². The molecule has 0 aliphatic carbocycles. The Labute approximate surface area is 163 Å². The van der Waals surface area contributed by atoms with Gasteiger partial charge in [0.15, 0.2) is 12.4 Å². The van der Waals surface area contributed by atoms with E-state index in [1.54, 1.807) is 36.4 Å². The molecule has 144 valence electrons. The molecule has 0 unspecified atom stereocenters. The van der Waals surface area contributed by atoms with Crippen LogP contribution >= 0.6 is 0 Å². The van der Waals surface area contributed by atoms with Crippen LogP contribution in [0.3, 0.4) is 0 Å². The number of carbonyl (C=O) groups excluding carboxylic acids is 3. The molecular formula is C21H21N3O4. The van der Waals surface area contributed by atoms with Gasteiger partial charge in [-0.3, -0.25) is 25.2 Å². The highest BCUT2D eigenvalue weighted by molar-refractivity contribution is 5.98. The first-order valence-electron chi connectivity index (χ1n) is 8.85. The van der Waals surface area contributed by atoms with Crippen molar-refractivity contribution in [3.63, 3.8) is 0 Å². The minimum absolute atomic E-state index is 0.0409. The maximum absolute atomic E-state index is 12.1. The van der Waals surface area contributed by atoms with Gasteiger partial charge in [0.1, 0.15) is 11.8 Å². The van der Waals surface area contributed by atoms with Gasteiger partial charge in [-0.25, -0.2) is 0 Å². The van der Waals surface area contributed by atoms with E-state index in [0.29, 0.717) is 11.1 Å². The molecule has 7 nitrogen and oxygen atoms in total. The Morgan fingerprint density at radius 1 is 0.964 bits per heavy atom. The van der Waals surface area contributed by atoms with Crippen molar-refractivity contribution in [3.05, 3.63) is 65.2 Å². The number of amides is 2.